The highest BCUT2D eigenvalue weighted by Crippen LogP contribution is 2.23. The lowest BCUT2D eigenvalue weighted by Crippen LogP contribution is -2.29. The van der Waals surface area contributed by atoms with Gasteiger partial charge in [-0.2, -0.15) is 13.2 Å². The Hall–Kier alpha value is -1.98. The first-order chi connectivity index (χ1) is 7.45. The van der Waals surface area contributed by atoms with Crippen LogP contribution in [0.4, 0.5) is 18.9 Å². The fourth-order valence-electron chi connectivity index (χ4n) is 1.00. The molecule has 0 atom stereocenters. The number of alkyl halides is 3. The van der Waals surface area contributed by atoms with Crippen LogP contribution in [0.1, 0.15) is 0 Å². The molecule has 0 unspecified atom stereocenters. The van der Waals surface area contributed by atoms with Gasteiger partial charge in [0, 0.05) is 6.20 Å². The monoisotopic (exact) mass is 229 g/mol. The van der Waals surface area contributed by atoms with Crippen LogP contribution in [0.15, 0.2) is 47.2 Å². The van der Waals surface area contributed by atoms with Crippen molar-refractivity contribution in [2.75, 3.05) is 0 Å². The van der Waals surface area contributed by atoms with Crippen LogP contribution in [0.25, 0.3) is 0 Å². The summed E-state index contributed by atoms with van der Waals surface area (Å²) in [4.78, 5) is 3.42. The number of allylic oxidation sites excluding steroid dienone is 1. The molecular formula is C10H10F3N3. The van der Waals surface area contributed by atoms with Gasteiger partial charge in [0.2, 0.25) is 0 Å². The number of hydrogen-bond donors (Lipinski definition) is 2. The van der Waals surface area contributed by atoms with E-state index in [2.05, 4.69) is 4.99 Å². The minimum atomic E-state index is -4.63. The maximum Gasteiger partial charge on any atom is 0.435 e. The first-order valence-corrected chi connectivity index (χ1v) is 4.34. The normalized spacial score (nSPS) is 13.9. The molecule has 1 aromatic carbocycles. The van der Waals surface area contributed by atoms with Crippen molar-refractivity contribution in [3.05, 3.63) is 42.2 Å². The summed E-state index contributed by atoms with van der Waals surface area (Å²) in [6, 6.07) is 7.71. The summed E-state index contributed by atoms with van der Waals surface area (Å²) in [7, 11) is 0. The number of aliphatic imine (C=N–C) groups is 1. The van der Waals surface area contributed by atoms with Crippen molar-refractivity contribution in [2.24, 2.45) is 16.5 Å². The first-order valence-electron chi connectivity index (χ1n) is 4.34. The predicted octanol–water partition coefficient (Wildman–Crippen LogP) is 2.08. The highest BCUT2D eigenvalue weighted by Gasteiger charge is 2.37. The molecule has 16 heavy (non-hydrogen) atoms. The first kappa shape index (κ1) is 12.1. The Kier molecular flexibility index (Phi) is 3.55. The highest BCUT2D eigenvalue weighted by atomic mass is 19.4. The van der Waals surface area contributed by atoms with E-state index in [0.717, 1.165) is 0 Å². The van der Waals surface area contributed by atoms with Gasteiger partial charge >= 0.3 is 6.18 Å². The van der Waals surface area contributed by atoms with E-state index in [1.54, 1.807) is 18.2 Å². The standard InChI is InChI=1S/C10H10F3N3/c11-10(12,13)9(8(15)6-14)16-7-4-2-1-3-5-7/h1-6H,14-15H2. The number of para-hydroxylation sites is 1. The minimum Gasteiger partial charge on any atom is -0.403 e. The maximum atomic E-state index is 12.5. The zero-order valence-electron chi connectivity index (χ0n) is 8.20. The molecule has 0 fully saturated rings. The molecule has 0 heterocycles. The Morgan fingerprint density at radius 3 is 2.19 bits per heavy atom. The van der Waals surface area contributed by atoms with Crippen LogP contribution >= 0.6 is 0 Å². The van der Waals surface area contributed by atoms with Gasteiger partial charge in [-0.15, -0.1) is 0 Å². The summed E-state index contributed by atoms with van der Waals surface area (Å²) >= 11 is 0. The molecule has 0 aromatic heterocycles. The van der Waals surface area contributed by atoms with Crippen LogP contribution in [-0.2, 0) is 0 Å². The van der Waals surface area contributed by atoms with Crippen LogP contribution < -0.4 is 11.5 Å². The quantitative estimate of drug-likeness (QED) is 0.762. The van der Waals surface area contributed by atoms with Gasteiger partial charge in [0.05, 0.1) is 11.4 Å². The lowest BCUT2D eigenvalue weighted by atomic mass is 10.2. The maximum absolute atomic E-state index is 12.5. The van der Waals surface area contributed by atoms with Crippen LogP contribution in [0.5, 0.6) is 0 Å². The second-order valence-corrected chi connectivity index (χ2v) is 2.92. The zero-order chi connectivity index (χ0) is 12.2. The number of nitrogens with two attached hydrogens (primary N) is 2. The van der Waals surface area contributed by atoms with E-state index in [9.17, 15) is 13.2 Å². The Bertz CT molecular complexity index is 407. The van der Waals surface area contributed by atoms with Crippen molar-refractivity contribution in [1.29, 1.82) is 0 Å². The molecule has 0 aliphatic carbocycles. The third-order valence-corrected chi connectivity index (χ3v) is 1.72. The smallest absolute Gasteiger partial charge is 0.403 e. The molecular weight excluding hydrogens is 219 g/mol. The molecule has 0 saturated heterocycles. The van der Waals surface area contributed by atoms with Crippen LogP contribution in [0.2, 0.25) is 0 Å². The summed E-state index contributed by atoms with van der Waals surface area (Å²) in [5.41, 5.74) is 8.46. The highest BCUT2D eigenvalue weighted by molar-refractivity contribution is 6.04. The largest absolute Gasteiger partial charge is 0.435 e. The van der Waals surface area contributed by atoms with Crippen LogP contribution in [0.3, 0.4) is 0 Å². The molecule has 0 aliphatic rings. The average Bonchev–Trinajstić information content (AvgIpc) is 2.25. The molecule has 0 aliphatic heterocycles. The lowest BCUT2D eigenvalue weighted by molar-refractivity contribution is -0.0582. The molecule has 1 aromatic rings. The molecule has 1 rings (SSSR count). The van der Waals surface area contributed by atoms with Crippen molar-refractivity contribution in [3.8, 4) is 0 Å². The molecule has 4 N–H and O–H groups in total. The molecule has 6 heteroatoms. The van der Waals surface area contributed by atoms with E-state index in [1.807, 2.05) is 0 Å². The SMILES string of the molecule is NC=C(N)C(=Nc1ccccc1)C(F)(F)F. The Morgan fingerprint density at radius 2 is 1.75 bits per heavy atom. The topological polar surface area (TPSA) is 64.4 Å². The lowest BCUT2D eigenvalue weighted by Gasteiger charge is -2.10. The number of rotatable bonds is 2. The van der Waals surface area contributed by atoms with E-state index >= 15 is 0 Å². The van der Waals surface area contributed by atoms with Gasteiger partial charge in [0.25, 0.3) is 0 Å². The molecule has 0 bridgehead atoms. The van der Waals surface area contributed by atoms with Crippen molar-refractivity contribution in [1.82, 2.24) is 0 Å². The van der Waals surface area contributed by atoms with E-state index in [4.69, 9.17) is 11.5 Å². The van der Waals surface area contributed by atoms with Gasteiger partial charge in [-0.3, -0.25) is 0 Å². The van der Waals surface area contributed by atoms with Gasteiger partial charge in [-0.1, -0.05) is 18.2 Å². The number of benzene rings is 1. The van der Waals surface area contributed by atoms with Gasteiger partial charge in [-0.25, -0.2) is 4.99 Å². The number of halogens is 3. The fourth-order valence-corrected chi connectivity index (χ4v) is 1.00. The Labute approximate surface area is 90.3 Å². The molecule has 86 valence electrons. The van der Waals surface area contributed by atoms with Crippen molar-refractivity contribution < 1.29 is 13.2 Å². The second kappa shape index (κ2) is 4.69. The van der Waals surface area contributed by atoms with Gasteiger partial charge in [-0.05, 0) is 12.1 Å². The summed E-state index contributed by atoms with van der Waals surface area (Å²) in [6.07, 6.45) is -3.95. The van der Waals surface area contributed by atoms with Gasteiger partial charge in [0.15, 0.2) is 5.71 Å². The minimum absolute atomic E-state index is 0.166. The van der Waals surface area contributed by atoms with Crippen molar-refractivity contribution >= 4 is 11.4 Å². The van der Waals surface area contributed by atoms with Gasteiger partial charge < -0.3 is 11.5 Å². The van der Waals surface area contributed by atoms with E-state index in [0.29, 0.717) is 6.20 Å². The third-order valence-electron chi connectivity index (χ3n) is 1.72. The predicted molar refractivity (Wildman–Crippen MR) is 56.0 cm³/mol. The molecule has 0 saturated carbocycles. The van der Waals surface area contributed by atoms with Crippen molar-refractivity contribution in [2.45, 2.75) is 6.18 Å². The number of hydrogen-bond acceptors (Lipinski definition) is 3. The summed E-state index contributed by atoms with van der Waals surface area (Å²) in [5.74, 6) is 0. The van der Waals surface area contributed by atoms with E-state index in [1.165, 1.54) is 12.1 Å². The fraction of sp³-hybridized carbons (Fsp3) is 0.100. The van der Waals surface area contributed by atoms with Gasteiger partial charge in [0.1, 0.15) is 0 Å². The van der Waals surface area contributed by atoms with E-state index in [-0.39, 0.29) is 5.69 Å². The Morgan fingerprint density at radius 1 is 1.19 bits per heavy atom. The van der Waals surface area contributed by atoms with E-state index < -0.39 is 17.6 Å². The summed E-state index contributed by atoms with van der Waals surface area (Å²) in [5, 5.41) is 0. The summed E-state index contributed by atoms with van der Waals surface area (Å²) in [6.45, 7) is 0. The van der Waals surface area contributed by atoms with Crippen LogP contribution in [-0.4, -0.2) is 11.9 Å². The zero-order valence-corrected chi connectivity index (χ0v) is 8.20. The van der Waals surface area contributed by atoms with Crippen molar-refractivity contribution in [3.63, 3.8) is 0 Å². The molecule has 0 radical (unpaired) electrons. The molecule has 3 nitrogen and oxygen atoms in total. The Balaban J connectivity index is 3.18. The number of nitrogens with zero attached hydrogens (tertiary/aromatic N) is 1. The second-order valence-electron chi connectivity index (χ2n) is 2.92. The molecule has 0 spiro atoms. The summed E-state index contributed by atoms with van der Waals surface area (Å²) < 4.78 is 37.6. The third kappa shape index (κ3) is 3.01. The van der Waals surface area contributed by atoms with Crippen LogP contribution in [0, 0.1) is 0 Å². The molecule has 0 amide bonds. The average molecular weight is 229 g/mol.